The van der Waals surface area contributed by atoms with Gasteiger partial charge in [-0.05, 0) is 46.9 Å². The SMILES string of the molecule is O=S(O)c1ccc(I)cc1.[K+]. The predicted octanol–water partition coefficient (Wildman–Crippen LogP) is -1.12. The molecule has 1 rings (SSSR count). The Hall–Kier alpha value is 1.70. The fraction of sp³-hybridized carbons (Fsp3) is 0. The molecule has 0 aromatic heterocycles. The van der Waals surface area contributed by atoms with Crippen LogP contribution in [0.25, 0.3) is 0 Å². The van der Waals surface area contributed by atoms with E-state index < -0.39 is 11.1 Å². The molecule has 54 valence electrons. The van der Waals surface area contributed by atoms with Gasteiger partial charge >= 0.3 is 51.4 Å². The van der Waals surface area contributed by atoms with Gasteiger partial charge < -0.3 is 4.55 Å². The van der Waals surface area contributed by atoms with E-state index in [2.05, 4.69) is 22.6 Å². The molecule has 0 aliphatic heterocycles. The maximum absolute atomic E-state index is 10.4. The first-order chi connectivity index (χ1) is 4.70. The number of hydrogen-bond acceptors (Lipinski definition) is 1. The normalized spacial score (nSPS) is 11.8. The third-order valence-electron chi connectivity index (χ3n) is 1.02. The summed E-state index contributed by atoms with van der Waals surface area (Å²) >= 11 is 0.299. The maximum atomic E-state index is 10.4. The Morgan fingerprint density at radius 2 is 1.73 bits per heavy atom. The quantitative estimate of drug-likeness (QED) is 0.405. The van der Waals surface area contributed by atoms with E-state index in [1.807, 2.05) is 0 Å². The van der Waals surface area contributed by atoms with E-state index in [1.54, 1.807) is 24.3 Å². The molecule has 5 heteroatoms. The van der Waals surface area contributed by atoms with E-state index in [-0.39, 0.29) is 51.4 Å². The third-order valence-corrected chi connectivity index (χ3v) is 2.41. The molecule has 11 heavy (non-hydrogen) atoms. The number of rotatable bonds is 1. The van der Waals surface area contributed by atoms with Gasteiger partial charge in [0.15, 0.2) is 11.1 Å². The molecule has 0 saturated carbocycles. The van der Waals surface area contributed by atoms with Crippen molar-refractivity contribution >= 4 is 33.7 Å². The summed E-state index contributed by atoms with van der Waals surface area (Å²) in [5.41, 5.74) is 0. The van der Waals surface area contributed by atoms with Gasteiger partial charge in [-0.1, -0.05) is 0 Å². The average Bonchev–Trinajstić information content (AvgIpc) is 1.88. The first-order valence-electron chi connectivity index (χ1n) is 2.56. The summed E-state index contributed by atoms with van der Waals surface area (Å²) in [5, 5.41) is 0. The Balaban J connectivity index is 0.000001000. The van der Waals surface area contributed by atoms with Crippen LogP contribution in [0.1, 0.15) is 0 Å². The van der Waals surface area contributed by atoms with Crippen molar-refractivity contribution in [1.82, 2.24) is 0 Å². The van der Waals surface area contributed by atoms with E-state index >= 15 is 0 Å². The zero-order chi connectivity index (χ0) is 7.56. The van der Waals surface area contributed by atoms with Gasteiger partial charge in [-0.15, -0.1) is 0 Å². The molecule has 0 amide bonds. The number of hydrogen-bond donors (Lipinski definition) is 1. The van der Waals surface area contributed by atoms with Crippen LogP contribution < -0.4 is 51.4 Å². The van der Waals surface area contributed by atoms with E-state index in [0.717, 1.165) is 3.57 Å². The molecule has 2 nitrogen and oxygen atoms in total. The van der Waals surface area contributed by atoms with Crippen molar-refractivity contribution < 1.29 is 60.1 Å². The standard InChI is InChI=1S/C6H5IO2S.K/c7-5-1-3-6(4-2-5)10(8)9;/h1-4H,(H,8,9);/q;+1. The fourth-order valence-electron chi connectivity index (χ4n) is 0.551. The average molecular weight is 307 g/mol. The Morgan fingerprint density at radius 3 is 2.09 bits per heavy atom. The molecular weight excluding hydrogens is 302 g/mol. The third kappa shape index (κ3) is 4.46. The second kappa shape index (κ2) is 6.20. The Bertz CT molecular complexity index is 249. The topological polar surface area (TPSA) is 37.3 Å². The van der Waals surface area contributed by atoms with Gasteiger partial charge in [0.25, 0.3) is 0 Å². The minimum Gasteiger partial charge on any atom is -0.302 e. The molecule has 1 aromatic rings. The van der Waals surface area contributed by atoms with Crippen LogP contribution >= 0.6 is 22.6 Å². The molecule has 0 heterocycles. The molecule has 1 unspecified atom stereocenters. The molecule has 0 fully saturated rings. The van der Waals surface area contributed by atoms with Crippen LogP contribution in [0.3, 0.4) is 0 Å². The molecular formula is C6H5IKO2S+. The van der Waals surface area contributed by atoms with Gasteiger partial charge in [-0.3, -0.25) is 0 Å². The molecule has 1 atom stereocenters. The molecule has 0 spiro atoms. The maximum Gasteiger partial charge on any atom is 1.00 e. The summed E-state index contributed by atoms with van der Waals surface area (Å²) in [6.45, 7) is 0. The fourth-order valence-corrected chi connectivity index (χ4v) is 1.28. The van der Waals surface area contributed by atoms with Crippen molar-refractivity contribution in [1.29, 1.82) is 0 Å². The summed E-state index contributed by atoms with van der Waals surface area (Å²) in [7, 11) is 0. The number of benzene rings is 1. The minimum absolute atomic E-state index is 0. The Morgan fingerprint density at radius 1 is 1.27 bits per heavy atom. The zero-order valence-corrected chi connectivity index (χ0v) is 12.0. The first-order valence-corrected chi connectivity index (χ1v) is 4.75. The molecule has 1 aromatic carbocycles. The molecule has 0 aliphatic rings. The molecule has 0 bridgehead atoms. The monoisotopic (exact) mass is 307 g/mol. The summed E-state index contributed by atoms with van der Waals surface area (Å²) in [6.07, 6.45) is 0. The van der Waals surface area contributed by atoms with Gasteiger partial charge in [0.2, 0.25) is 0 Å². The number of halogens is 1. The largest absolute Gasteiger partial charge is 1.00 e. The summed E-state index contributed by atoms with van der Waals surface area (Å²) < 4.78 is 20.1. The van der Waals surface area contributed by atoms with E-state index in [4.69, 9.17) is 4.55 Å². The van der Waals surface area contributed by atoms with Crippen molar-refractivity contribution in [3.63, 3.8) is 0 Å². The summed E-state index contributed by atoms with van der Waals surface area (Å²) in [4.78, 5) is 0.445. The molecule has 1 N–H and O–H groups in total. The molecule has 0 aliphatic carbocycles. The van der Waals surface area contributed by atoms with Gasteiger partial charge in [0, 0.05) is 3.57 Å². The Kier molecular flexibility index (Phi) is 7.15. The summed E-state index contributed by atoms with van der Waals surface area (Å²) in [5.74, 6) is 0. The van der Waals surface area contributed by atoms with Crippen LogP contribution in [-0.2, 0) is 11.1 Å². The first kappa shape index (κ1) is 12.7. The van der Waals surface area contributed by atoms with Gasteiger partial charge in [-0.2, -0.15) is 0 Å². The second-order valence-electron chi connectivity index (χ2n) is 1.70. The minimum atomic E-state index is -1.84. The smallest absolute Gasteiger partial charge is 0.302 e. The van der Waals surface area contributed by atoms with Crippen molar-refractivity contribution in [2.75, 3.05) is 0 Å². The van der Waals surface area contributed by atoms with Crippen LogP contribution in [0.15, 0.2) is 29.2 Å². The van der Waals surface area contributed by atoms with E-state index in [1.165, 1.54) is 0 Å². The zero-order valence-electron chi connectivity index (χ0n) is 5.95. The van der Waals surface area contributed by atoms with E-state index in [0.29, 0.717) is 4.90 Å². The van der Waals surface area contributed by atoms with E-state index in [9.17, 15) is 4.21 Å². The molecule has 0 radical (unpaired) electrons. The van der Waals surface area contributed by atoms with Crippen molar-refractivity contribution in [2.24, 2.45) is 0 Å². The van der Waals surface area contributed by atoms with Crippen molar-refractivity contribution in [3.8, 4) is 0 Å². The van der Waals surface area contributed by atoms with Gasteiger partial charge in [0.05, 0.1) is 4.90 Å². The predicted molar refractivity (Wildman–Crippen MR) is 48.2 cm³/mol. The van der Waals surface area contributed by atoms with Crippen molar-refractivity contribution in [2.45, 2.75) is 4.90 Å². The second-order valence-corrected chi connectivity index (χ2v) is 3.92. The van der Waals surface area contributed by atoms with Crippen LogP contribution in [0.5, 0.6) is 0 Å². The van der Waals surface area contributed by atoms with Crippen LogP contribution in [0.4, 0.5) is 0 Å². The summed E-state index contributed by atoms with van der Waals surface area (Å²) in [6, 6.07) is 6.86. The van der Waals surface area contributed by atoms with Crippen molar-refractivity contribution in [3.05, 3.63) is 27.8 Å². The van der Waals surface area contributed by atoms with Crippen LogP contribution in [-0.4, -0.2) is 8.76 Å². The van der Waals surface area contributed by atoms with Crippen LogP contribution in [0, 0.1) is 3.57 Å². The van der Waals surface area contributed by atoms with Gasteiger partial charge in [-0.25, -0.2) is 4.21 Å². The molecule has 0 saturated heterocycles. The Labute approximate surface area is 124 Å². The van der Waals surface area contributed by atoms with Gasteiger partial charge in [0.1, 0.15) is 0 Å². The van der Waals surface area contributed by atoms with Crippen LogP contribution in [0.2, 0.25) is 0 Å².